The molecule has 4 heterocycles. The molecule has 3 aliphatic heterocycles. The van der Waals surface area contributed by atoms with Gasteiger partial charge in [-0.2, -0.15) is 0 Å². The molecule has 0 atom stereocenters. The minimum absolute atomic E-state index is 0. The summed E-state index contributed by atoms with van der Waals surface area (Å²) in [6.07, 6.45) is 3.02. The zero-order valence-corrected chi connectivity index (χ0v) is 17.3. The van der Waals surface area contributed by atoms with Crippen molar-refractivity contribution in [3.8, 4) is 0 Å². The molecule has 0 N–H and O–H groups in total. The Labute approximate surface area is 176 Å². The van der Waals surface area contributed by atoms with E-state index in [2.05, 4.69) is 34.5 Å². The van der Waals surface area contributed by atoms with Crippen molar-refractivity contribution >= 4 is 34.5 Å². The van der Waals surface area contributed by atoms with E-state index in [1.165, 1.54) is 42.1 Å². The Balaban J connectivity index is 0.00000192. The fraction of sp³-hybridized carbons (Fsp3) is 0.292. The van der Waals surface area contributed by atoms with Crippen LogP contribution in [0.2, 0.25) is 0 Å². The lowest BCUT2D eigenvalue weighted by molar-refractivity contribution is -0.119. The van der Waals surface area contributed by atoms with E-state index in [1.807, 2.05) is 47.7 Å². The predicted molar refractivity (Wildman–Crippen MR) is 119 cm³/mol. The Bertz CT molecular complexity index is 906. The summed E-state index contributed by atoms with van der Waals surface area (Å²) in [7, 11) is 0. The fourth-order valence-corrected chi connectivity index (χ4v) is 5.95. The van der Waals surface area contributed by atoms with Crippen LogP contribution in [0.15, 0.2) is 66.0 Å². The van der Waals surface area contributed by atoms with Crippen LogP contribution >= 0.6 is 23.7 Å². The minimum Gasteiger partial charge on any atom is -0.363 e. The van der Waals surface area contributed by atoms with Gasteiger partial charge in [-0.25, -0.2) is 0 Å². The average Bonchev–Trinajstić information content (AvgIpc) is 3.17. The van der Waals surface area contributed by atoms with Gasteiger partial charge < -0.3 is 4.90 Å². The van der Waals surface area contributed by atoms with E-state index in [0.29, 0.717) is 18.1 Å². The van der Waals surface area contributed by atoms with Crippen LogP contribution in [0, 0.1) is 0 Å². The molecule has 1 fully saturated rings. The molecule has 0 amide bonds. The highest BCUT2D eigenvalue weighted by molar-refractivity contribution is 7.14. The number of Topliss-reactive ketones (excluding diaryl/α,β-unsaturated/α-hetero) is 1. The molecule has 0 unspecified atom stereocenters. The molecule has 3 aromatic rings. The summed E-state index contributed by atoms with van der Waals surface area (Å²) in [5, 5.41) is 3.67. The lowest BCUT2D eigenvalue weighted by Gasteiger charge is -2.40. The van der Waals surface area contributed by atoms with Crippen molar-refractivity contribution < 1.29 is 4.79 Å². The molecule has 144 valence electrons. The normalized spacial score (nSPS) is 15.4. The van der Waals surface area contributed by atoms with Gasteiger partial charge in [0.1, 0.15) is 5.78 Å². The van der Waals surface area contributed by atoms with E-state index in [0.717, 1.165) is 11.1 Å². The molecule has 2 nitrogen and oxygen atoms in total. The molecule has 0 aliphatic carbocycles. The van der Waals surface area contributed by atoms with E-state index in [9.17, 15) is 4.79 Å². The van der Waals surface area contributed by atoms with Crippen molar-refractivity contribution in [1.29, 1.82) is 0 Å². The first-order chi connectivity index (χ1) is 13.3. The molecule has 1 aromatic heterocycles. The SMILES string of the molecule is Cl.O=C(Cc1csc2c1C1CCN2CC1)C(c1ccccc1)c1ccccc1. The van der Waals surface area contributed by atoms with Gasteiger partial charge in [-0.3, -0.25) is 4.79 Å². The summed E-state index contributed by atoms with van der Waals surface area (Å²) in [5.74, 6) is 0.763. The van der Waals surface area contributed by atoms with E-state index in [-0.39, 0.29) is 18.3 Å². The van der Waals surface area contributed by atoms with Gasteiger partial charge >= 0.3 is 0 Å². The van der Waals surface area contributed by atoms with Crippen LogP contribution in [0.3, 0.4) is 0 Å². The van der Waals surface area contributed by atoms with Gasteiger partial charge in [-0.05, 0) is 46.4 Å². The average molecular weight is 410 g/mol. The number of piperidine rings is 1. The largest absolute Gasteiger partial charge is 0.363 e. The van der Waals surface area contributed by atoms with Crippen molar-refractivity contribution in [1.82, 2.24) is 0 Å². The van der Waals surface area contributed by atoms with E-state index < -0.39 is 0 Å². The number of halogens is 1. The number of anilines is 1. The summed E-state index contributed by atoms with van der Waals surface area (Å²) < 4.78 is 0. The van der Waals surface area contributed by atoms with Gasteiger partial charge in [0.15, 0.2) is 0 Å². The van der Waals surface area contributed by atoms with E-state index in [1.54, 1.807) is 0 Å². The number of hydrogen-bond acceptors (Lipinski definition) is 3. The number of fused-ring (bicyclic) bond motifs is 2. The van der Waals surface area contributed by atoms with Crippen LogP contribution < -0.4 is 4.90 Å². The number of benzene rings is 2. The van der Waals surface area contributed by atoms with E-state index in [4.69, 9.17) is 0 Å². The summed E-state index contributed by atoms with van der Waals surface area (Å²) >= 11 is 1.83. The number of hydrogen-bond donors (Lipinski definition) is 0. The lowest BCUT2D eigenvalue weighted by Crippen LogP contribution is -2.38. The number of thiophene rings is 1. The molecule has 1 saturated heterocycles. The number of nitrogens with zero attached hydrogens (tertiary/aromatic N) is 1. The zero-order chi connectivity index (χ0) is 18.2. The first kappa shape index (κ1) is 19.2. The maximum Gasteiger partial charge on any atom is 0.149 e. The van der Waals surface area contributed by atoms with Crippen molar-refractivity contribution in [3.05, 3.63) is 88.3 Å². The summed E-state index contributed by atoms with van der Waals surface area (Å²) in [4.78, 5) is 16.0. The molecule has 4 heteroatoms. The van der Waals surface area contributed by atoms with Crippen molar-refractivity contribution in [2.24, 2.45) is 0 Å². The topological polar surface area (TPSA) is 20.3 Å². The Morgan fingerprint density at radius 3 is 2.11 bits per heavy atom. The van der Waals surface area contributed by atoms with Crippen LogP contribution in [-0.2, 0) is 11.2 Å². The molecule has 6 rings (SSSR count). The molecular formula is C24H24ClNOS. The quantitative estimate of drug-likeness (QED) is 0.529. The maximum atomic E-state index is 13.5. The minimum atomic E-state index is -0.191. The monoisotopic (exact) mass is 409 g/mol. The van der Waals surface area contributed by atoms with Crippen molar-refractivity contribution in [2.75, 3.05) is 18.0 Å². The Hall–Kier alpha value is -2.10. The van der Waals surface area contributed by atoms with Gasteiger partial charge in [0.05, 0.1) is 10.9 Å². The summed E-state index contributed by atoms with van der Waals surface area (Å²) in [6, 6.07) is 20.4. The predicted octanol–water partition coefficient (Wildman–Crippen LogP) is 5.81. The van der Waals surface area contributed by atoms with Gasteiger partial charge in [0.2, 0.25) is 0 Å². The second kappa shape index (κ2) is 8.10. The number of carbonyl (C=O) groups excluding carboxylic acids is 1. The highest BCUT2D eigenvalue weighted by Crippen LogP contribution is 2.48. The van der Waals surface area contributed by atoms with Gasteiger partial charge in [-0.1, -0.05) is 60.7 Å². The molecule has 2 aromatic carbocycles. The number of carbonyl (C=O) groups is 1. The number of ketones is 1. The summed E-state index contributed by atoms with van der Waals surface area (Å²) in [5.41, 5.74) is 4.92. The Morgan fingerprint density at radius 2 is 1.54 bits per heavy atom. The van der Waals surface area contributed by atoms with E-state index >= 15 is 0 Å². The fourth-order valence-electron chi connectivity index (χ4n) is 4.73. The third kappa shape index (κ3) is 3.38. The number of rotatable bonds is 5. The summed E-state index contributed by atoms with van der Waals surface area (Å²) in [6.45, 7) is 2.37. The van der Waals surface area contributed by atoms with Crippen LogP contribution in [0.25, 0.3) is 0 Å². The van der Waals surface area contributed by atoms with Crippen LogP contribution in [0.5, 0.6) is 0 Å². The highest BCUT2D eigenvalue weighted by atomic mass is 35.5. The maximum absolute atomic E-state index is 13.5. The zero-order valence-electron chi connectivity index (χ0n) is 15.7. The first-order valence-electron chi connectivity index (χ1n) is 9.79. The molecule has 3 aliphatic rings. The molecule has 28 heavy (non-hydrogen) atoms. The first-order valence-corrected chi connectivity index (χ1v) is 10.7. The third-order valence-corrected chi connectivity index (χ3v) is 7.14. The van der Waals surface area contributed by atoms with Crippen molar-refractivity contribution in [2.45, 2.75) is 31.1 Å². The van der Waals surface area contributed by atoms with Gasteiger partial charge in [0, 0.05) is 19.5 Å². The van der Waals surface area contributed by atoms with Gasteiger partial charge in [0.25, 0.3) is 0 Å². The second-order valence-electron chi connectivity index (χ2n) is 7.64. The molecule has 2 bridgehead atoms. The Kier molecular flexibility index (Phi) is 5.56. The van der Waals surface area contributed by atoms with Crippen molar-refractivity contribution in [3.63, 3.8) is 0 Å². The third-order valence-electron chi connectivity index (χ3n) is 6.03. The molecular weight excluding hydrogens is 386 g/mol. The smallest absolute Gasteiger partial charge is 0.149 e. The molecule has 0 radical (unpaired) electrons. The standard InChI is InChI=1S/C24H23NOS.ClH/c26-21(15-20-16-27-24-23(20)19-11-13-25(24)14-12-19)22(17-7-3-1-4-8-17)18-9-5-2-6-10-18;/h1-10,16,19,22H,11-15H2;1H. The highest BCUT2D eigenvalue weighted by Gasteiger charge is 2.35. The molecule has 0 spiro atoms. The van der Waals surface area contributed by atoms with Crippen LogP contribution in [-0.4, -0.2) is 18.9 Å². The van der Waals surface area contributed by atoms with Gasteiger partial charge in [-0.15, -0.1) is 23.7 Å². The van der Waals surface area contributed by atoms with Crippen LogP contribution in [0.4, 0.5) is 5.00 Å². The Morgan fingerprint density at radius 1 is 0.964 bits per heavy atom. The van der Waals surface area contributed by atoms with Crippen LogP contribution in [0.1, 0.15) is 46.9 Å². The second-order valence-corrected chi connectivity index (χ2v) is 8.50. The molecule has 0 saturated carbocycles. The lowest BCUT2D eigenvalue weighted by atomic mass is 9.81.